The van der Waals surface area contributed by atoms with Gasteiger partial charge in [-0.3, -0.25) is 4.79 Å². The molecule has 0 aromatic heterocycles. The lowest BCUT2D eigenvalue weighted by molar-refractivity contribution is -0.142. The number of amides is 2. The molecule has 9 nitrogen and oxygen atoms in total. The molecule has 0 aliphatic heterocycles. The summed E-state index contributed by atoms with van der Waals surface area (Å²) in [6, 6.07) is 14.0. The first-order valence-electron chi connectivity index (χ1n) is 11.6. The zero-order valence-electron chi connectivity index (χ0n) is 20.3. The van der Waals surface area contributed by atoms with Gasteiger partial charge in [0.15, 0.2) is 0 Å². The van der Waals surface area contributed by atoms with Crippen LogP contribution in [0.4, 0.5) is 4.79 Å². The minimum atomic E-state index is -1.14. The van der Waals surface area contributed by atoms with E-state index in [1.165, 1.54) is 7.11 Å². The summed E-state index contributed by atoms with van der Waals surface area (Å²) in [5.41, 5.74) is 4.42. The maximum absolute atomic E-state index is 12.8. The summed E-state index contributed by atoms with van der Waals surface area (Å²) in [5.74, 6) is -1.83. The van der Waals surface area contributed by atoms with Crippen LogP contribution in [0.15, 0.2) is 48.5 Å². The summed E-state index contributed by atoms with van der Waals surface area (Å²) in [6.07, 6.45) is -0.0411. The molecule has 0 radical (unpaired) electrons. The zero-order valence-corrected chi connectivity index (χ0v) is 20.3. The molecule has 1 aliphatic rings. The second-order valence-corrected chi connectivity index (χ2v) is 8.82. The molecule has 2 atom stereocenters. The number of carboxylic acid groups (broad SMARTS) is 1. The normalized spacial score (nSPS) is 14.1. The Morgan fingerprint density at radius 1 is 0.971 bits per heavy atom. The summed E-state index contributed by atoms with van der Waals surface area (Å²) in [4.78, 5) is 38.8. The van der Waals surface area contributed by atoms with Crippen molar-refractivity contribution in [3.8, 4) is 11.1 Å². The van der Waals surface area contributed by atoms with Gasteiger partial charge in [0.1, 0.15) is 18.7 Å². The number of hydrogen-bond donors (Lipinski definition) is 3. The van der Waals surface area contributed by atoms with Gasteiger partial charge in [-0.05, 0) is 49.2 Å². The maximum Gasteiger partial charge on any atom is 0.407 e. The lowest BCUT2D eigenvalue weighted by atomic mass is 9.98. The quantitative estimate of drug-likeness (QED) is 0.397. The van der Waals surface area contributed by atoms with Gasteiger partial charge in [-0.2, -0.15) is 0 Å². The van der Waals surface area contributed by atoms with E-state index in [0.717, 1.165) is 22.3 Å². The van der Waals surface area contributed by atoms with Crippen molar-refractivity contribution in [2.45, 2.75) is 30.8 Å². The van der Waals surface area contributed by atoms with Crippen molar-refractivity contribution in [1.82, 2.24) is 15.5 Å². The number of nitrogens with one attached hydrogen (secondary N) is 2. The fourth-order valence-corrected chi connectivity index (χ4v) is 4.30. The maximum atomic E-state index is 12.8. The van der Waals surface area contributed by atoms with E-state index in [-0.39, 0.29) is 25.5 Å². The summed E-state index contributed by atoms with van der Waals surface area (Å²) >= 11 is 0. The number of aliphatic carboxylic acids is 1. The lowest BCUT2D eigenvalue weighted by Crippen LogP contribution is -2.55. The lowest BCUT2D eigenvalue weighted by Gasteiger charge is -2.24. The van der Waals surface area contributed by atoms with Gasteiger partial charge in [0.2, 0.25) is 5.91 Å². The fourth-order valence-electron chi connectivity index (χ4n) is 4.30. The SMILES string of the molecule is COCCCC(NC(=O)[C@H](CN(C)C)NC(=O)OCC1c2ccccc2-c2ccccc21)C(=O)O. The molecule has 2 aromatic rings. The average Bonchev–Trinajstić information content (AvgIpc) is 3.15. The number of benzene rings is 2. The first-order valence-corrected chi connectivity index (χ1v) is 11.6. The number of ether oxygens (including phenoxy) is 2. The van der Waals surface area contributed by atoms with Crippen LogP contribution < -0.4 is 10.6 Å². The molecule has 3 rings (SSSR count). The predicted molar refractivity (Wildman–Crippen MR) is 131 cm³/mol. The van der Waals surface area contributed by atoms with Crippen LogP contribution in [-0.4, -0.2) is 81.0 Å². The third kappa shape index (κ3) is 6.80. The minimum absolute atomic E-state index is 0.105. The van der Waals surface area contributed by atoms with Crippen LogP contribution in [-0.2, 0) is 19.1 Å². The molecule has 2 aromatic carbocycles. The minimum Gasteiger partial charge on any atom is -0.480 e. The van der Waals surface area contributed by atoms with Crippen LogP contribution in [0.3, 0.4) is 0 Å². The van der Waals surface area contributed by atoms with Gasteiger partial charge in [0, 0.05) is 26.2 Å². The van der Waals surface area contributed by atoms with Crippen LogP contribution in [0.5, 0.6) is 0 Å². The molecular weight excluding hydrogens is 450 g/mol. The van der Waals surface area contributed by atoms with Crippen LogP contribution in [0.2, 0.25) is 0 Å². The second-order valence-electron chi connectivity index (χ2n) is 8.82. The monoisotopic (exact) mass is 483 g/mol. The summed E-state index contributed by atoms with van der Waals surface area (Å²) in [5, 5.41) is 14.6. The Hall–Kier alpha value is -3.43. The molecule has 35 heavy (non-hydrogen) atoms. The highest BCUT2D eigenvalue weighted by Gasteiger charge is 2.31. The van der Waals surface area contributed by atoms with Crippen molar-refractivity contribution in [2.24, 2.45) is 0 Å². The van der Waals surface area contributed by atoms with Gasteiger partial charge in [-0.25, -0.2) is 9.59 Å². The van der Waals surface area contributed by atoms with Crippen molar-refractivity contribution in [3.05, 3.63) is 59.7 Å². The van der Waals surface area contributed by atoms with Gasteiger partial charge < -0.3 is 30.1 Å². The van der Waals surface area contributed by atoms with E-state index < -0.39 is 30.1 Å². The standard InChI is InChI=1S/C26H33N3O6/c1-29(2)15-23(24(30)27-22(25(31)32)13-8-14-34-3)28-26(33)35-16-21-19-11-6-4-9-17(19)18-10-5-7-12-20(18)21/h4-7,9-12,21-23H,8,13-16H2,1-3H3,(H,27,30)(H,28,33)(H,31,32)/t22?,23-/m0/s1. The molecule has 0 fully saturated rings. The van der Waals surface area contributed by atoms with Gasteiger partial charge in [-0.15, -0.1) is 0 Å². The number of carboxylic acids is 1. The molecule has 0 spiro atoms. The third-order valence-corrected chi connectivity index (χ3v) is 5.96. The molecular formula is C26H33N3O6. The Morgan fingerprint density at radius 3 is 2.11 bits per heavy atom. The van der Waals surface area contributed by atoms with Crippen LogP contribution >= 0.6 is 0 Å². The number of methoxy groups -OCH3 is 1. The second kappa shape index (κ2) is 12.3. The molecule has 2 amide bonds. The molecule has 188 valence electrons. The highest BCUT2D eigenvalue weighted by Crippen LogP contribution is 2.44. The summed E-state index contributed by atoms with van der Waals surface area (Å²) in [7, 11) is 5.04. The summed E-state index contributed by atoms with van der Waals surface area (Å²) in [6.45, 7) is 0.685. The number of likely N-dealkylation sites (N-methyl/N-ethyl adjacent to an activating group) is 1. The zero-order chi connectivity index (χ0) is 25.4. The number of nitrogens with zero attached hydrogens (tertiary/aromatic N) is 1. The van der Waals surface area contributed by atoms with Crippen molar-refractivity contribution in [2.75, 3.05) is 41.0 Å². The van der Waals surface area contributed by atoms with E-state index >= 15 is 0 Å². The van der Waals surface area contributed by atoms with Crippen LogP contribution in [0.25, 0.3) is 11.1 Å². The molecule has 1 aliphatic carbocycles. The third-order valence-electron chi connectivity index (χ3n) is 5.96. The highest BCUT2D eigenvalue weighted by molar-refractivity contribution is 5.89. The van der Waals surface area contributed by atoms with E-state index in [0.29, 0.717) is 13.0 Å². The number of alkyl carbamates (subject to hydrolysis) is 1. The van der Waals surface area contributed by atoms with Crippen molar-refractivity contribution in [3.63, 3.8) is 0 Å². The van der Waals surface area contributed by atoms with Crippen molar-refractivity contribution >= 4 is 18.0 Å². The Labute approximate surface area is 205 Å². The number of carbonyl (C=O) groups excluding carboxylic acids is 2. The Kier molecular flexibility index (Phi) is 9.22. The van der Waals surface area contributed by atoms with Gasteiger partial charge >= 0.3 is 12.1 Å². The molecule has 1 unspecified atom stereocenters. The number of hydrogen-bond acceptors (Lipinski definition) is 6. The van der Waals surface area contributed by atoms with Crippen LogP contribution in [0, 0.1) is 0 Å². The van der Waals surface area contributed by atoms with E-state index in [4.69, 9.17) is 9.47 Å². The average molecular weight is 484 g/mol. The molecule has 3 N–H and O–H groups in total. The van der Waals surface area contributed by atoms with Gasteiger partial charge in [0.05, 0.1) is 0 Å². The van der Waals surface area contributed by atoms with E-state index in [9.17, 15) is 19.5 Å². The van der Waals surface area contributed by atoms with E-state index in [1.807, 2.05) is 36.4 Å². The molecule has 9 heteroatoms. The van der Waals surface area contributed by atoms with Gasteiger partial charge in [-0.1, -0.05) is 48.5 Å². The Balaban J connectivity index is 1.64. The van der Waals surface area contributed by atoms with Gasteiger partial charge in [0.25, 0.3) is 0 Å². The van der Waals surface area contributed by atoms with Crippen molar-refractivity contribution in [1.29, 1.82) is 0 Å². The molecule has 0 bridgehead atoms. The number of carbonyl (C=O) groups is 3. The van der Waals surface area contributed by atoms with Crippen LogP contribution in [0.1, 0.15) is 29.9 Å². The first kappa shape index (κ1) is 26.2. The number of rotatable bonds is 12. The fraction of sp³-hybridized carbons (Fsp3) is 0.423. The Morgan fingerprint density at radius 2 is 1.57 bits per heavy atom. The van der Waals surface area contributed by atoms with Crippen molar-refractivity contribution < 1.29 is 29.0 Å². The topological polar surface area (TPSA) is 117 Å². The number of fused-ring (bicyclic) bond motifs is 3. The smallest absolute Gasteiger partial charge is 0.407 e. The molecule has 0 saturated heterocycles. The largest absolute Gasteiger partial charge is 0.480 e. The molecule has 0 saturated carbocycles. The van der Waals surface area contributed by atoms with E-state index in [2.05, 4.69) is 22.8 Å². The highest BCUT2D eigenvalue weighted by atomic mass is 16.5. The summed E-state index contributed by atoms with van der Waals surface area (Å²) < 4.78 is 10.5. The van der Waals surface area contributed by atoms with E-state index in [1.54, 1.807) is 19.0 Å². The Bertz CT molecular complexity index is 996. The predicted octanol–water partition coefficient (Wildman–Crippen LogP) is 2.45. The molecule has 0 heterocycles. The first-order chi connectivity index (χ1) is 16.8.